The van der Waals surface area contributed by atoms with Crippen LogP contribution in [0.25, 0.3) is 0 Å². The lowest BCUT2D eigenvalue weighted by molar-refractivity contribution is -0.384. The third-order valence-electron chi connectivity index (χ3n) is 3.27. The lowest BCUT2D eigenvalue weighted by Gasteiger charge is -2.15. The molecule has 0 spiro atoms. The second kappa shape index (κ2) is 6.82. The van der Waals surface area contributed by atoms with Crippen LogP contribution in [0.1, 0.15) is 24.2 Å². The van der Waals surface area contributed by atoms with Crippen molar-refractivity contribution in [2.24, 2.45) is 4.99 Å². The van der Waals surface area contributed by atoms with Crippen molar-refractivity contribution in [3.8, 4) is 5.75 Å². The molecule has 0 bridgehead atoms. The van der Waals surface area contributed by atoms with Gasteiger partial charge in [-0.15, -0.1) is 0 Å². The third-order valence-corrected chi connectivity index (χ3v) is 3.27. The monoisotopic (exact) mass is 300 g/mol. The first-order valence-corrected chi connectivity index (χ1v) is 6.72. The van der Waals surface area contributed by atoms with Gasteiger partial charge in [-0.2, -0.15) is 0 Å². The summed E-state index contributed by atoms with van der Waals surface area (Å²) in [5.74, 6) is -0.101. The number of non-ortho nitro benzene ring substituents is 1. The summed E-state index contributed by atoms with van der Waals surface area (Å²) in [5, 5.41) is 30.6. The SMILES string of the molecule is C[C@H](N=Cc1cc([N+](=O)[O-])ccc1O)[C@H](O)c1ccccc1. The Bertz CT molecular complexity index is 686. The molecule has 0 aliphatic heterocycles. The molecule has 114 valence electrons. The van der Waals surface area contributed by atoms with Gasteiger partial charge in [0, 0.05) is 23.9 Å². The Morgan fingerprint density at radius 3 is 2.55 bits per heavy atom. The zero-order valence-electron chi connectivity index (χ0n) is 12.0. The Morgan fingerprint density at radius 2 is 1.91 bits per heavy atom. The predicted octanol–water partition coefficient (Wildman–Crippen LogP) is 2.84. The first-order chi connectivity index (χ1) is 10.5. The van der Waals surface area contributed by atoms with Crippen molar-refractivity contribution in [1.82, 2.24) is 0 Å². The van der Waals surface area contributed by atoms with Crippen LogP contribution in [0.4, 0.5) is 5.69 Å². The number of nitrogens with zero attached hydrogens (tertiary/aromatic N) is 2. The van der Waals surface area contributed by atoms with E-state index in [9.17, 15) is 20.3 Å². The molecule has 6 nitrogen and oxygen atoms in total. The van der Waals surface area contributed by atoms with Crippen molar-refractivity contribution in [3.63, 3.8) is 0 Å². The molecule has 0 saturated heterocycles. The molecule has 2 aromatic rings. The maximum atomic E-state index is 10.7. The molecule has 0 aromatic heterocycles. The van der Waals surface area contributed by atoms with Crippen molar-refractivity contribution in [2.45, 2.75) is 19.1 Å². The number of hydrogen-bond acceptors (Lipinski definition) is 5. The number of hydrogen-bond donors (Lipinski definition) is 2. The molecule has 0 unspecified atom stereocenters. The predicted molar refractivity (Wildman–Crippen MR) is 83.2 cm³/mol. The number of benzene rings is 2. The average molecular weight is 300 g/mol. The third kappa shape index (κ3) is 3.67. The molecule has 0 aliphatic carbocycles. The molecule has 0 aliphatic rings. The molecular weight excluding hydrogens is 284 g/mol. The Hall–Kier alpha value is -2.73. The van der Waals surface area contributed by atoms with E-state index in [-0.39, 0.29) is 17.0 Å². The minimum atomic E-state index is -0.793. The van der Waals surface area contributed by atoms with Crippen molar-refractivity contribution in [2.75, 3.05) is 0 Å². The number of aliphatic hydroxyl groups is 1. The topological polar surface area (TPSA) is 96.0 Å². The van der Waals surface area contributed by atoms with E-state index in [0.29, 0.717) is 0 Å². The smallest absolute Gasteiger partial charge is 0.270 e. The standard InChI is InChI=1S/C16H16N2O4/c1-11(16(20)12-5-3-2-4-6-12)17-10-13-9-14(18(21)22)7-8-15(13)19/h2-11,16,19-20H,1H3/t11-,16-/m0/s1. The van der Waals surface area contributed by atoms with E-state index in [1.165, 1.54) is 24.4 Å². The molecule has 0 saturated carbocycles. The molecule has 2 N–H and O–H groups in total. The van der Waals surface area contributed by atoms with Gasteiger partial charge in [0.15, 0.2) is 0 Å². The van der Waals surface area contributed by atoms with Crippen LogP contribution < -0.4 is 0 Å². The highest BCUT2D eigenvalue weighted by Gasteiger charge is 2.15. The van der Waals surface area contributed by atoms with Crippen molar-refractivity contribution in [1.29, 1.82) is 0 Å². The summed E-state index contributed by atoms with van der Waals surface area (Å²) in [7, 11) is 0. The number of phenolic OH excluding ortho intramolecular Hbond substituents is 1. The van der Waals surface area contributed by atoms with Gasteiger partial charge in [-0.3, -0.25) is 15.1 Å². The van der Waals surface area contributed by atoms with Gasteiger partial charge in [-0.1, -0.05) is 30.3 Å². The molecule has 0 heterocycles. The molecule has 22 heavy (non-hydrogen) atoms. The van der Waals surface area contributed by atoms with Crippen molar-refractivity contribution >= 4 is 11.9 Å². The number of aliphatic imine (C=N–C) groups is 1. The highest BCUT2D eigenvalue weighted by atomic mass is 16.6. The number of aliphatic hydroxyl groups excluding tert-OH is 1. The summed E-state index contributed by atoms with van der Waals surface area (Å²) in [6.45, 7) is 1.72. The van der Waals surface area contributed by atoms with E-state index in [1.54, 1.807) is 19.1 Å². The molecule has 2 aromatic carbocycles. The fourth-order valence-electron chi connectivity index (χ4n) is 1.97. The van der Waals surface area contributed by atoms with Gasteiger partial charge in [-0.05, 0) is 18.6 Å². The molecule has 0 amide bonds. The number of nitro groups is 1. The minimum absolute atomic E-state index is 0.101. The van der Waals surface area contributed by atoms with E-state index in [2.05, 4.69) is 4.99 Å². The van der Waals surface area contributed by atoms with E-state index >= 15 is 0 Å². The number of rotatable bonds is 5. The summed E-state index contributed by atoms with van der Waals surface area (Å²) in [4.78, 5) is 14.4. The normalized spacial score (nSPS) is 13.9. The van der Waals surface area contributed by atoms with Crippen LogP contribution in [0.5, 0.6) is 5.75 Å². The average Bonchev–Trinajstić information content (AvgIpc) is 2.53. The van der Waals surface area contributed by atoms with Gasteiger partial charge in [0.2, 0.25) is 0 Å². The van der Waals surface area contributed by atoms with Crippen LogP contribution in [0.3, 0.4) is 0 Å². The fourth-order valence-corrected chi connectivity index (χ4v) is 1.97. The van der Waals surface area contributed by atoms with Crippen molar-refractivity contribution < 1.29 is 15.1 Å². The molecule has 2 atom stereocenters. The lowest BCUT2D eigenvalue weighted by Crippen LogP contribution is -2.12. The van der Waals surface area contributed by atoms with Crippen molar-refractivity contribution in [3.05, 3.63) is 69.8 Å². The fraction of sp³-hybridized carbons (Fsp3) is 0.188. The van der Waals surface area contributed by atoms with E-state index < -0.39 is 17.1 Å². The second-order valence-corrected chi connectivity index (χ2v) is 4.87. The van der Waals surface area contributed by atoms with Gasteiger partial charge >= 0.3 is 0 Å². The van der Waals surface area contributed by atoms with E-state index in [4.69, 9.17) is 0 Å². The molecule has 6 heteroatoms. The van der Waals surface area contributed by atoms with Crippen LogP contribution in [-0.2, 0) is 0 Å². The molecule has 2 rings (SSSR count). The van der Waals surface area contributed by atoms with Crippen LogP contribution in [0, 0.1) is 10.1 Å². The largest absolute Gasteiger partial charge is 0.507 e. The number of phenols is 1. The maximum Gasteiger partial charge on any atom is 0.270 e. The maximum absolute atomic E-state index is 10.7. The highest BCUT2D eigenvalue weighted by molar-refractivity contribution is 5.84. The lowest BCUT2D eigenvalue weighted by atomic mass is 10.0. The molecule has 0 fully saturated rings. The van der Waals surface area contributed by atoms with Gasteiger partial charge in [-0.25, -0.2) is 0 Å². The zero-order chi connectivity index (χ0) is 16.1. The number of aromatic hydroxyl groups is 1. The zero-order valence-corrected chi connectivity index (χ0v) is 12.0. The van der Waals surface area contributed by atoms with Crippen LogP contribution in [0.15, 0.2) is 53.5 Å². The summed E-state index contributed by atoms with van der Waals surface area (Å²) in [5.41, 5.74) is 0.840. The minimum Gasteiger partial charge on any atom is -0.507 e. The van der Waals surface area contributed by atoms with Gasteiger partial charge in [0.1, 0.15) is 11.9 Å². The molecule has 0 radical (unpaired) electrons. The van der Waals surface area contributed by atoms with Gasteiger partial charge < -0.3 is 10.2 Å². The Labute approximate surface area is 127 Å². The summed E-state index contributed by atoms with van der Waals surface area (Å²) in [6, 6.07) is 12.3. The Balaban J connectivity index is 2.17. The first-order valence-electron chi connectivity index (χ1n) is 6.72. The van der Waals surface area contributed by atoms with Gasteiger partial charge in [0.25, 0.3) is 5.69 Å². The Kier molecular flexibility index (Phi) is 4.85. The van der Waals surface area contributed by atoms with E-state index in [0.717, 1.165) is 5.56 Å². The molecular formula is C16H16N2O4. The second-order valence-electron chi connectivity index (χ2n) is 4.87. The summed E-state index contributed by atoms with van der Waals surface area (Å²) < 4.78 is 0. The summed E-state index contributed by atoms with van der Waals surface area (Å²) in [6.07, 6.45) is 0.539. The summed E-state index contributed by atoms with van der Waals surface area (Å²) >= 11 is 0. The first kappa shape index (κ1) is 15.7. The van der Waals surface area contributed by atoms with Gasteiger partial charge in [0.05, 0.1) is 11.0 Å². The van der Waals surface area contributed by atoms with Crippen LogP contribution >= 0.6 is 0 Å². The Morgan fingerprint density at radius 1 is 1.23 bits per heavy atom. The van der Waals surface area contributed by atoms with Crippen LogP contribution in [-0.4, -0.2) is 27.4 Å². The number of nitro benzene ring substituents is 1. The quantitative estimate of drug-likeness (QED) is 0.504. The van der Waals surface area contributed by atoms with Crippen LogP contribution in [0.2, 0.25) is 0 Å². The highest BCUT2D eigenvalue weighted by Crippen LogP contribution is 2.23. The van der Waals surface area contributed by atoms with E-state index in [1.807, 2.05) is 18.2 Å².